The van der Waals surface area contributed by atoms with Crippen LogP contribution in [-0.4, -0.2) is 95.0 Å². The summed E-state index contributed by atoms with van der Waals surface area (Å²) >= 11 is 0. The van der Waals surface area contributed by atoms with Crippen molar-refractivity contribution in [2.45, 2.75) is 82.8 Å². The zero-order valence-electron chi connectivity index (χ0n) is 42.1. The molecule has 0 unspecified atom stereocenters. The first-order valence-corrected chi connectivity index (χ1v) is 25.0. The van der Waals surface area contributed by atoms with Crippen LogP contribution in [0.4, 0.5) is 22.0 Å². The maximum absolute atomic E-state index is 14.5. The molecule has 1 amide bonds. The van der Waals surface area contributed by atoms with Gasteiger partial charge in [-0.3, -0.25) is 14.2 Å². The molecule has 3 heterocycles. The molecule has 16 heteroatoms. The first-order valence-electron chi connectivity index (χ1n) is 25.0. The molecule has 1 aliphatic heterocycles. The number of esters is 1. The summed E-state index contributed by atoms with van der Waals surface area (Å²) < 4.78 is 39.4. The average Bonchev–Trinajstić information content (AvgIpc) is 4.06. The standard InChI is InChI=1S/C58H62N6O10/c1-5-7-34-62(35-8-6-2)39-59-51-36-49(74-57(68)64(44-20-14-10-15-21-44)45-22-16-11-17-23-45)55-56(61-51)63(40-60-55)52-37-48(73-54(67)33-32-53(65)66)50(72-52)38-71-58(41-18-12-9-13-19-41,42-24-28-46(69-3)29-25-42)43-26-30-47(70-4)31-27-43/h9-31,36,39-40,48,50,52H,5-8,32-35,37-38H2,1-4H3,(H,65,66)/t48-,50+,52+/m0/s1. The SMILES string of the molecule is CCCCN(C=Nc1cc(OC(=O)N(c2ccccc2)c2ccccc2)c2ncn([C@H]3C[C@H](OC(=O)CCC(=O)O)[C@@H](COC(c4ccccc4)(c4ccc(OC)cc4)c4ccc(OC)cc4)O3)c2n1)CCCC. The van der Waals surface area contributed by atoms with Crippen molar-refractivity contribution in [2.75, 3.05) is 38.8 Å². The molecule has 0 bridgehead atoms. The number of carboxylic acid groups (broad SMARTS) is 1. The molecular formula is C58H62N6O10. The molecule has 1 fully saturated rings. The van der Waals surface area contributed by atoms with Crippen LogP contribution >= 0.6 is 0 Å². The highest BCUT2D eigenvalue weighted by Gasteiger charge is 2.44. The van der Waals surface area contributed by atoms with Crippen molar-refractivity contribution in [1.82, 2.24) is 19.4 Å². The van der Waals surface area contributed by atoms with E-state index in [9.17, 15) is 19.5 Å². The monoisotopic (exact) mass is 1000 g/mol. The summed E-state index contributed by atoms with van der Waals surface area (Å²) in [5.74, 6) is -0.158. The summed E-state index contributed by atoms with van der Waals surface area (Å²) in [5.41, 5.74) is 2.84. The normalized spacial score (nSPS) is 15.5. The molecule has 7 aromatic rings. The number of pyridine rings is 1. The maximum Gasteiger partial charge on any atom is 0.424 e. The Labute approximate surface area is 431 Å². The molecule has 3 atom stereocenters. The molecule has 0 saturated carbocycles. The van der Waals surface area contributed by atoms with Crippen molar-refractivity contribution in [2.24, 2.45) is 4.99 Å². The molecule has 1 saturated heterocycles. The highest BCUT2D eigenvalue weighted by molar-refractivity contribution is 5.98. The zero-order valence-corrected chi connectivity index (χ0v) is 42.1. The third-order valence-corrected chi connectivity index (χ3v) is 12.8. The Bertz CT molecular complexity index is 2860. The predicted molar refractivity (Wildman–Crippen MR) is 282 cm³/mol. The summed E-state index contributed by atoms with van der Waals surface area (Å²) in [7, 11) is 3.21. The van der Waals surface area contributed by atoms with Crippen LogP contribution in [0.5, 0.6) is 17.2 Å². The molecule has 384 valence electrons. The van der Waals surface area contributed by atoms with Gasteiger partial charge in [-0.1, -0.05) is 118 Å². The van der Waals surface area contributed by atoms with Gasteiger partial charge in [0.15, 0.2) is 22.7 Å². The Balaban J connectivity index is 1.20. The highest BCUT2D eigenvalue weighted by atomic mass is 16.6. The van der Waals surface area contributed by atoms with E-state index < -0.39 is 48.5 Å². The Morgan fingerprint density at radius 2 is 1.32 bits per heavy atom. The number of hydrogen-bond donors (Lipinski definition) is 1. The number of benzene rings is 5. The van der Waals surface area contributed by atoms with Crippen molar-refractivity contribution in [3.63, 3.8) is 0 Å². The lowest BCUT2D eigenvalue weighted by molar-refractivity contribution is -0.157. The van der Waals surface area contributed by atoms with Crippen molar-refractivity contribution in [3.05, 3.63) is 169 Å². The zero-order chi connectivity index (χ0) is 51.9. The smallest absolute Gasteiger partial charge is 0.424 e. The van der Waals surface area contributed by atoms with Crippen LogP contribution in [0.25, 0.3) is 11.2 Å². The summed E-state index contributed by atoms with van der Waals surface area (Å²) in [6, 6.07) is 45.0. The molecule has 0 aliphatic carbocycles. The second-order valence-electron chi connectivity index (χ2n) is 17.8. The molecule has 1 aliphatic rings. The number of carbonyl (C=O) groups is 3. The number of methoxy groups -OCH3 is 2. The van der Waals surface area contributed by atoms with Crippen LogP contribution in [0.2, 0.25) is 0 Å². The number of unbranched alkanes of at least 4 members (excludes halogenated alkanes) is 2. The van der Waals surface area contributed by atoms with E-state index in [1.165, 1.54) is 4.90 Å². The number of fused-ring (bicyclic) bond motifs is 1. The van der Waals surface area contributed by atoms with Gasteiger partial charge in [-0.05, 0) is 78.1 Å². The molecule has 5 aromatic carbocycles. The van der Waals surface area contributed by atoms with Crippen LogP contribution < -0.4 is 19.1 Å². The van der Waals surface area contributed by atoms with E-state index in [0.717, 1.165) is 55.5 Å². The van der Waals surface area contributed by atoms with Gasteiger partial charge in [0, 0.05) is 25.6 Å². The van der Waals surface area contributed by atoms with Crippen LogP contribution in [0.1, 0.15) is 81.7 Å². The van der Waals surface area contributed by atoms with Gasteiger partial charge >= 0.3 is 18.0 Å². The third-order valence-electron chi connectivity index (χ3n) is 12.8. The van der Waals surface area contributed by atoms with Crippen molar-refractivity contribution < 1.29 is 47.9 Å². The minimum atomic E-state index is -1.25. The number of imidazole rings is 1. The van der Waals surface area contributed by atoms with E-state index in [2.05, 4.69) is 18.7 Å². The van der Waals surface area contributed by atoms with Gasteiger partial charge in [0.1, 0.15) is 35.5 Å². The summed E-state index contributed by atoms with van der Waals surface area (Å²) in [5, 5.41) is 9.47. The molecule has 2 aromatic heterocycles. The topological polar surface area (TPSA) is 176 Å². The molecule has 74 heavy (non-hydrogen) atoms. The number of carboxylic acids is 1. The molecular weight excluding hydrogens is 941 g/mol. The van der Waals surface area contributed by atoms with E-state index >= 15 is 0 Å². The Morgan fingerprint density at radius 3 is 1.86 bits per heavy atom. The van der Waals surface area contributed by atoms with Crippen molar-refractivity contribution in [3.8, 4) is 17.2 Å². The number of amides is 1. The van der Waals surface area contributed by atoms with Gasteiger partial charge in [0.2, 0.25) is 0 Å². The Kier molecular flexibility index (Phi) is 17.7. The van der Waals surface area contributed by atoms with Gasteiger partial charge < -0.3 is 38.4 Å². The fourth-order valence-electron chi connectivity index (χ4n) is 8.93. The number of aliphatic imine (C=N–C) groups is 1. The van der Waals surface area contributed by atoms with Gasteiger partial charge in [-0.2, -0.15) is 0 Å². The number of aromatic nitrogens is 3. The fraction of sp³-hybridized carbons (Fsp3) is 0.310. The summed E-state index contributed by atoms with van der Waals surface area (Å²) in [6.07, 6.45) is 3.27. The Morgan fingerprint density at radius 1 is 0.770 bits per heavy atom. The lowest BCUT2D eigenvalue weighted by Gasteiger charge is -2.37. The quantitative estimate of drug-likeness (QED) is 0.0262. The second-order valence-corrected chi connectivity index (χ2v) is 17.8. The lowest BCUT2D eigenvalue weighted by atomic mass is 9.80. The van der Waals surface area contributed by atoms with Gasteiger partial charge in [-0.25, -0.2) is 24.7 Å². The number of rotatable bonds is 24. The Hall–Kier alpha value is -8.08. The fourth-order valence-corrected chi connectivity index (χ4v) is 8.93. The molecule has 0 spiro atoms. The summed E-state index contributed by atoms with van der Waals surface area (Å²) in [4.78, 5) is 57.8. The van der Waals surface area contributed by atoms with E-state index in [1.807, 2.05) is 140 Å². The highest BCUT2D eigenvalue weighted by Crippen LogP contribution is 2.44. The first-order chi connectivity index (χ1) is 36.1. The van der Waals surface area contributed by atoms with Crippen molar-refractivity contribution in [1.29, 1.82) is 0 Å². The largest absolute Gasteiger partial charge is 0.497 e. The van der Waals surface area contributed by atoms with Crippen LogP contribution in [-0.2, 0) is 29.4 Å². The number of carbonyl (C=O) groups excluding carboxylic acids is 2. The number of aliphatic carboxylic acids is 1. The summed E-state index contributed by atoms with van der Waals surface area (Å²) in [6.45, 7) is 5.79. The molecule has 8 rings (SSSR count). The number of anilines is 2. The first kappa shape index (κ1) is 52.2. The maximum atomic E-state index is 14.5. The minimum absolute atomic E-state index is 0.101. The third kappa shape index (κ3) is 12.4. The minimum Gasteiger partial charge on any atom is -0.497 e. The van der Waals surface area contributed by atoms with Crippen molar-refractivity contribution >= 4 is 52.7 Å². The van der Waals surface area contributed by atoms with Crippen LogP contribution in [0.3, 0.4) is 0 Å². The van der Waals surface area contributed by atoms with E-state index in [0.29, 0.717) is 28.5 Å². The van der Waals surface area contributed by atoms with Gasteiger partial charge in [0.25, 0.3) is 0 Å². The van der Waals surface area contributed by atoms with Gasteiger partial charge in [0.05, 0.1) is 57.7 Å². The number of para-hydroxylation sites is 2. The molecule has 1 N–H and O–H groups in total. The molecule has 16 nitrogen and oxygen atoms in total. The van der Waals surface area contributed by atoms with E-state index in [1.54, 1.807) is 37.5 Å². The number of ether oxygens (including phenoxy) is 6. The molecule has 0 radical (unpaired) electrons. The predicted octanol–water partition coefficient (Wildman–Crippen LogP) is 11.4. The van der Waals surface area contributed by atoms with E-state index in [-0.39, 0.29) is 36.5 Å². The van der Waals surface area contributed by atoms with Crippen LogP contribution in [0.15, 0.2) is 157 Å². The lowest BCUT2D eigenvalue weighted by Crippen LogP contribution is -2.39. The number of nitrogens with zero attached hydrogens (tertiary/aromatic N) is 6. The average molecular weight is 1000 g/mol. The van der Waals surface area contributed by atoms with Gasteiger partial charge in [-0.15, -0.1) is 0 Å². The van der Waals surface area contributed by atoms with E-state index in [4.69, 9.17) is 43.4 Å². The second kappa shape index (κ2) is 25.0. The number of hydrogen-bond acceptors (Lipinski definition) is 12. The van der Waals surface area contributed by atoms with Crippen LogP contribution in [0, 0.1) is 0 Å².